The van der Waals surface area contributed by atoms with E-state index in [2.05, 4.69) is 10.2 Å². The van der Waals surface area contributed by atoms with Crippen LogP contribution in [0.5, 0.6) is 0 Å². The fourth-order valence-corrected chi connectivity index (χ4v) is 3.12. The van der Waals surface area contributed by atoms with Gasteiger partial charge in [-0.05, 0) is 52.0 Å². The number of likely N-dealkylation sites (tertiary alicyclic amines) is 1. The number of piperidine rings is 1. The predicted octanol–water partition coefficient (Wildman–Crippen LogP) is 0.763. The molecule has 0 aromatic heterocycles. The zero-order valence-corrected chi connectivity index (χ0v) is 12.7. The molecule has 4 unspecified atom stereocenters. The number of carbonyl (C=O) groups is 1. The number of ether oxygens (including phenoxy) is 1. The summed E-state index contributed by atoms with van der Waals surface area (Å²) in [6, 6.07) is -0.127. The Kier molecular flexibility index (Phi) is 5.81. The molecule has 4 atom stereocenters. The Balaban J connectivity index is 1.76. The first kappa shape index (κ1) is 15.7. The number of nitrogens with zero attached hydrogens (tertiary/aromatic N) is 1. The topological polar surface area (TPSA) is 61.8 Å². The predicted molar refractivity (Wildman–Crippen MR) is 77.4 cm³/mol. The van der Waals surface area contributed by atoms with Gasteiger partial charge in [-0.2, -0.15) is 0 Å². The molecule has 0 aromatic rings. The van der Waals surface area contributed by atoms with Crippen molar-refractivity contribution in [3.63, 3.8) is 0 Å². The SMILES string of the molecule is CC(O)C1CCCN(C(C)C(=O)NCC2CCCO2)C1. The van der Waals surface area contributed by atoms with E-state index in [0.29, 0.717) is 6.54 Å². The number of rotatable bonds is 5. The number of aliphatic hydroxyl groups is 1. The molecule has 0 saturated carbocycles. The third-order valence-corrected chi connectivity index (χ3v) is 4.63. The molecule has 2 N–H and O–H groups in total. The lowest BCUT2D eigenvalue weighted by atomic mass is 9.92. The Morgan fingerprint density at radius 1 is 1.40 bits per heavy atom. The molecule has 2 fully saturated rings. The van der Waals surface area contributed by atoms with Crippen LogP contribution in [0.25, 0.3) is 0 Å². The molecule has 0 bridgehead atoms. The van der Waals surface area contributed by atoms with E-state index >= 15 is 0 Å². The third kappa shape index (κ3) is 4.17. The van der Waals surface area contributed by atoms with Gasteiger partial charge in [-0.15, -0.1) is 0 Å². The zero-order chi connectivity index (χ0) is 14.5. The molecule has 5 heteroatoms. The number of nitrogens with one attached hydrogen (secondary N) is 1. The maximum Gasteiger partial charge on any atom is 0.237 e. The monoisotopic (exact) mass is 284 g/mol. The van der Waals surface area contributed by atoms with Crippen LogP contribution in [0.3, 0.4) is 0 Å². The summed E-state index contributed by atoms with van der Waals surface area (Å²) in [5.41, 5.74) is 0. The van der Waals surface area contributed by atoms with Crippen LogP contribution >= 0.6 is 0 Å². The lowest BCUT2D eigenvalue weighted by Gasteiger charge is -2.37. The molecule has 0 spiro atoms. The van der Waals surface area contributed by atoms with Gasteiger partial charge in [0.15, 0.2) is 0 Å². The van der Waals surface area contributed by atoms with Gasteiger partial charge < -0.3 is 15.2 Å². The van der Waals surface area contributed by atoms with Gasteiger partial charge in [0.25, 0.3) is 0 Å². The molecule has 2 aliphatic rings. The van der Waals surface area contributed by atoms with Gasteiger partial charge in [-0.3, -0.25) is 9.69 Å². The Morgan fingerprint density at radius 3 is 2.85 bits per heavy atom. The van der Waals surface area contributed by atoms with Crippen LogP contribution in [-0.4, -0.2) is 60.4 Å². The van der Waals surface area contributed by atoms with Crippen molar-refractivity contribution in [1.82, 2.24) is 10.2 Å². The van der Waals surface area contributed by atoms with Crippen LogP contribution in [0.2, 0.25) is 0 Å². The second-order valence-electron chi connectivity index (χ2n) is 6.19. The smallest absolute Gasteiger partial charge is 0.237 e. The molecule has 2 aliphatic heterocycles. The van der Waals surface area contributed by atoms with Gasteiger partial charge in [0.05, 0.1) is 18.2 Å². The quantitative estimate of drug-likeness (QED) is 0.782. The normalized spacial score (nSPS) is 30.9. The molecule has 2 rings (SSSR count). The lowest BCUT2D eigenvalue weighted by Crippen LogP contribution is -2.51. The highest BCUT2D eigenvalue weighted by Gasteiger charge is 2.29. The largest absolute Gasteiger partial charge is 0.393 e. The van der Waals surface area contributed by atoms with E-state index in [1.807, 2.05) is 13.8 Å². The maximum atomic E-state index is 12.2. The first-order chi connectivity index (χ1) is 9.58. The summed E-state index contributed by atoms with van der Waals surface area (Å²) in [5, 5.41) is 12.7. The number of amides is 1. The molecule has 2 saturated heterocycles. The summed E-state index contributed by atoms with van der Waals surface area (Å²) < 4.78 is 5.52. The molecule has 116 valence electrons. The molecule has 0 aromatic carbocycles. The van der Waals surface area contributed by atoms with Crippen molar-refractivity contribution in [2.75, 3.05) is 26.2 Å². The summed E-state index contributed by atoms with van der Waals surface area (Å²) in [5.74, 6) is 0.365. The highest BCUT2D eigenvalue weighted by atomic mass is 16.5. The summed E-state index contributed by atoms with van der Waals surface area (Å²) in [7, 11) is 0. The number of hydrogen-bond acceptors (Lipinski definition) is 4. The third-order valence-electron chi connectivity index (χ3n) is 4.63. The first-order valence-corrected chi connectivity index (χ1v) is 7.89. The molecule has 5 nitrogen and oxygen atoms in total. The standard InChI is InChI=1S/C15H28N2O3/c1-11(15(19)16-9-14-6-4-8-20-14)17-7-3-5-13(10-17)12(2)18/h11-14,18H,3-10H2,1-2H3,(H,16,19). The molecular formula is C15H28N2O3. The minimum absolute atomic E-state index is 0.0757. The highest BCUT2D eigenvalue weighted by Crippen LogP contribution is 2.21. The molecular weight excluding hydrogens is 256 g/mol. The molecule has 1 amide bonds. The second-order valence-corrected chi connectivity index (χ2v) is 6.19. The van der Waals surface area contributed by atoms with Crippen LogP contribution in [-0.2, 0) is 9.53 Å². The van der Waals surface area contributed by atoms with Gasteiger partial charge in [-0.1, -0.05) is 0 Å². The van der Waals surface area contributed by atoms with Crippen LogP contribution in [0.1, 0.15) is 39.5 Å². The summed E-state index contributed by atoms with van der Waals surface area (Å²) >= 11 is 0. The highest BCUT2D eigenvalue weighted by molar-refractivity contribution is 5.81. The summed E-state index contributed by atoms with van der Waals surface area (Å²) in [6.07, 6.45) is 4.15. The average Bonchev–Trinajstić information content (AvgIpc) is 2.97. The van der Waals surface area contributed by atoms with Gasteiger partial charge in [0.2, 0.25) is 5.91 Å². The molecule has 0 aliphatic carbocycles. The molecule has 0 radical (unpaired) electrons. The number of carbonyl (C=O) groups excluding carboxylic acids is 1. The van der Waals surface area contributed by atoms with E-state index in [4.69, 9.17) is 4.74 Å². The minimum atomic E-state index is -0.292. The average molecular weight is 284 g/mol. The van der Waals surface area contributed by atoms with Gasteiger partial charge in [-0.25, -0.2) is 0 Å². The number of aliphatic hydroxyl groups excluding tert-OH is 1. The van der Waals surface area contributed by atoms with Crippen molar-refractivity contribution in [3.8, 4) is 0 Å². The van der Waals surface area contributed by atoms with E-state index in [1.165, 1.54) is 0 Å². The van der Waals surface area contributed by atoms with Crippen molar-refractivity contribution in [1.29, 1.82) is 0 Å². The van der Waals surface area contributed by atoms with Crippen molar-refractivity contribution >= 4 is 5.91 Å². The van der Waals surface area contributed by atoms with Crippen LogP contribution < -0.4 is 5.32 Å². The number of hydrogen-bond donors (Lipinski definition) is 2. The minimum Gasteiger partial charge on any atom is -0.393 e. The first-order valence-electron chi connectivity index (χ1n) is 7.89. The Hall–Kier alpha value is -0.650. The second kappa shape index (κ2) is 7.38. The Labute approximate surface area is 121 Å². The zero-order valence-electron chi connectivity index (χ0n) is 12.7. The van der Waals surface area contributed by atoms with E-state index in [0.717, 1.165) is 45.4 Å². The van der Waals surface area contributed by atoms with E-state index in [9.17, 15) is 9.90 Å². The van der Waals surface area contributed by atoms with Crippen LogP contribution in [0, 0.1) is 5.92 Å². The van der Waals surface area contributed by atoms with E-state index < -0.39 is 0 Å². The maximum absolute atomic E-state index is 12.2. The van der Waals surface area contributed by atoms with Crippen molar-refractivity contribution in [3.05, 3.63) is 0 Å². The molecule has 20 heavy (non-hydrogen) atoms. The van der Waals surface area contributed by atoms with Crippen molar-refractivity contribution < 1.29 is 14.6 Å². The van der Waals surface area contributed by atoms with Gasteiger partial charge in [0.1, 0.15) is 0 Å². The van der Waals surface area contributed by atoms with Crippen molar-refractivity contribution in [2.45, 2.75) is 57.8 Å². The fourth-order valence-electron chi connectivity index (χ4n) is 3.12. The Morgan fingerprint density at radius 2 is 2.20 bits per heavy atom. The Bertz CT molecular complexity index is 316. The van der Waals surface area contributed by atoms with E-state index in [-0.39, 0.29) is 30.1 Å². The van der Waals surface area contributed by atoms with Gasteiger partial charge in [0, 0.05) is 19.7 Å². The van der Waals surface area contributed by atoms with Crippen molar-refractivity contribution in [2.24, 2.45) is 5.92 Å². The summed E-state index contributed by atoms with van der Waals surface area (Å²) in [6.45, 7) is 6.99. The van der Waals surface area contributed by atoms with Gasteiger partial charge >= 0.3 is 0 Å². The van der Waals surface area contributed by atoms with E-state index in [1.54, 1.807) is 0 Å². The lowest BCUT2D eigenvalue weighted by molar-refractivity contribution is -0.127. The fraction of sp³-hybridized carbons (Fsp3) is 0.933. The van der Waals surface area contributed by atoms with Crippen LogP contribution in [0.4, 0.5) is 0 Å². The van der Waals surface area contributed by atoms with Crippen LogP contribution in [0.15, 0.2) is 0 Å². The molecule has 2 heterocycles. The summed E-state index contributed by atoms with van der Waals surface area (Å²) in [4.78, 5) is 14.4.